The van der Waals surface area contributed by atoms with Crippen molar-refractivity contribution in [3.63, 3.8) is 0 Å². The molecule has 0 aliphatic heterocycles. The first-order valence-corrected chi connectivity index (χ1v) is 2.91. The fraction of sp³-hybridized carbons (Fsp3) is 0.167. The number of hydrogen-bond donors (Lipinski definition) is 2. The van der Waals surface area contributed by atoms with Gasteiger partial charge >= 0.3 is 11.7 Å². The van der Waals surface area contributed by atoms with Crippen molar-refractivity contribution in [2.45, 2.75) is 6.92 Å². The Labute approximate surface area is 73.9 Å². The molecular formula is C6H7ClN2O3. The minimum absolute atomic E-state index is 0. The van der Waals surface area contributed by atoms with Gasteiger partial charge < -0.3 is 10.1 Å². The predicted molar refractivity (Wildman–Crippen MR) is 43.8 cm³/mol. The second-order valence-corrected chi connectivity index (χ2v) is 2.06. The highest BCUT2D eigenvalue weighted by molar-refractivity contribution is 5.85. The molecule has 6 heteroatoms. The van der Waals surface area contributed by atoms with E-state index in [1.807, 2.05) is 0 Å². The van der Waals surface area contributed by atoms with Crippen molar-refractivity contribution in [3.05, 3.63) is 27.9 Å². The van der Waals surface area contributed by atoms with Crippen LogP contribution >= 0.6 is 12.4 Å². The van der Waals surface area contributed by atoms with Gasteiger partial charge in [-0.3, -0.25) is 0 Å². The number of carboxylic acid groups (broad SMARTS) is 1. The zero-order valence-corrected chi connectivity index (χ0v) is 7.01. The summed E-state index contributed by atoms with van der Waals surface area (Å²) < 4.78 is 0. The molecule has 1 rings (SSSR count). The topological polar surface area (TPSA) is 83.0 Å². The van der Waals surface area contributed by atoms with E-state index in [-0.39, 0.29) is 18.1 Å². The van der Waals surface area contributed by atoms with E-state index in [9.17, 15) is 9.59 Å². The molecule has 0 radical (unpaired) electrons. The number of carbonyl (C=O) groups is 1. The average Bonchev–Trinajstić information content (AvgIpc) is 1.85. The van der Waals surface area contributed by atoms with Crippen LogP contribution in [0, 0.1) is 6.92 Å². The molecule has 0 spiro atoms. The van der Waals surface area contributed by atoms with Crippen LogP contribution < -0.4 is 5.69 Å². The molecule has 0 saturated heterocycles. The van der Waals surface area contributed by atoms with Crippen LogP contribution in [-0.4, -0.2) is 21.0 Å². The quantitative estimate of drug-likeness (QED) is 0.663. The fourth-order valence-corrected chi connectivity index (χ4v) is 0.689. The van der Waals surface area contributed by atoms with Crippen LogP contribution in [0.15, 0.2) is 10.9 Å². The highest BCUT2D eigenvalue weighted by atomic mass is 35.5. The molecule has 0 saturated carbocycles. The number of carboxylic acids is 1. The number of aromatic amines is 1. The van der Waals surface area contributed by atoms with Gasteiger partial charge in [0.2, 0.25) is 0 Å². The number of nitrogens with one attached hydrogen (secondary N) is 1. The predicted octanol–water partition coefficient (Wildman–Crippen LogP) is 0.198. The Bertz CT molecular complexity index is 347. The Morgan fingerprint density at radius 1 is 1.67 bits per heavy atom. The maximum absolute atomic E-state index is 10.6. The normalized spacial score (nSPS) is 8.75. The molecule has 66 valence electrons. The minimum atomic E-state index is -1.20. The lowest BCUT2D eigenvalue weighted by Crippen LogP contribution is -2.16. The number of aromatic carboxylic acids is 1. The van der Waals surface area contributed by atoms with Gasteiger partial charge in [-0.1, -0.05) is 0 Å². The maximum Gasteiger partial charge on any atom is 0.354 e. The Morgan fingerprint density at radius 3 is 2.67 bits per heavy atom. The Kier molecular flexibility index (Phi) is 3.43. The summed E-state index contributed by atoms with van der Waals surface area (Å²) in [5.74, 6) is -1.20. The summed E-state index contributed by atoms with van der Waals surface area (Å²) in [5.41, 5.74) is -0.379. The third kappa shape index (κ3) is 2.35. The Hall–Kier alpha value is -1.36. The highest BCUT2D eigenvalue weighted by Crippen LogP contribution is 1.92. The Morgan fingerprint density at radius 2 is 2.25 bits per heavy atom. The summed E-state index contributed by atoms with van der Waals surface area (Å²) in [6, 6.07) is 1.30. The first kappa shape index (κ1) is 10.6. The van der Waals surface area contributed by atoms with Crippen LogP contribution in [0.1, 0.15) is 16.2 Å². The van der Waals surface area contributed by atoms with E-state index in [1.54, 1.807) is 6.92 Å². The second kappa shape index (κ2) is 3.87. The van der Waals surface area contributed by atoms with E-state index in [1.165, 1.54) is 6.07 Å². The van der Waals surface area contributed by atoms with E-state index in [2.05, 4.69) is 9.97 Å². The molecule has 0 amide bonds. The van der Waals surface area contributed by atoms with Crippen molar-refractivity contribution in [1.29, 1.82) is 0 Å². The van der Waals surface area contributed by atoms with Crippen LogP contribution in [0.3, 0.4) is 0 Å². The van der Waals surface area contributed by atoms with E-state index >= 15 is 0 Å². The van der Waals surface area contributed by atoms with Crippen LogP contribution in [-0.2, 0) is 0 Å². The van der Waals surface area contributed by atoms with Gasteiger partial charge in [0.1, 0.15) is 0 Å². The second-order valence-electron chi connectivity index (χ2n) is 2.06. The lowest BCUT2D eigenvalue weighted by molar-refractivity contribution is 0.0689. The summed E-state index contributed by atoms with van der Waals surface area (Å²) in [5, 5.41) is 8.42. The van der Waals surface area contributed by atoms with E-state index in [0.29, 0.717) is 5.69 Å². The summed E-state index contributed by atoms with van der Waals surface area (Å²) >= 11 is 0. The highest BCUT2D eigenvalue weighted by Gasteiger charge is 2.04. The molecule has 1 aromatic heterocycles. The van der Waals surface area contributed by atoms with Crippen molar-refractivity contribution in [2.24, 2.45) is 0 Å². The van der Waals surface area contributed by atoms with Crippen LogP contribution in [0.2, 0.25) is 0 Å². The van der Waals surface area contributed by atoms with Crippen molar-refractivity contribution < 1.29 is 9.90 Å². The molecular weight excluding hydrogens is 184 g/mol. The standard InChI is InChI=1S/C6H6N2O3.ClH/c1-3-2-4(5(9)10)8-6(11)7-3;/h2H,1H3,(H,9,10)(H,7,8,11);1H. The summed E-state index contributed by atoms with van der Waals surface area (Å²) in [6.07, 6.45) is 0. The number of aryl methyl sites for hydroxylation is 1. The number of halogens is 1. The number of nitrogens with zero attached hydrogens (tertiary/aromatic N) is 1. The van der Waals surface area contributed by atoms with Gasteiger partial charge in [0.25, 0.3) is 0 Å². The van der Waals surface area contributed by atoms with Gasteiger partial charge in [-0.15, -0.1) is 12.4 Å². The lowest BCUT2D eigenvalue weighted by atomic mass is 10.3. The van der Waals surface area contributed by atoms with E-state index in [4.69, 9.17) is 5.11 Å². The first-order valence-electron chi connectivity index (χ1n) is 2.91. The fourth-order valence-electron chi connectivity index (χ4n) is 0.689. The molecule has 5 nitrogen and oxygen atoms in total. The lowest BCUT2D eigenvalue weighted by Gasteiger charge is -1.92. The van der Waals surface area contributed by atoms with E-state index < -0.39 is 11.7 Å². The number of rotatable bonds is 1. The SMILES string of the molecule is Cc1cc(C(=O)O)nc(=O)[nH]1.Cl. The maximum atomic E-state index is 10.6. The number of H-pyrrole nitrogens is 1. The molecule has 0 unspecified atom stereocenters. The summed E-state index contributed by atoms with van der Waals surface area (Å²) in [6.45, 7) is 1.59. The summed E-state index contributed by atoms with van der Waals surface area (Å²) in [7, 11) is 0. The van der Waals surface area contributed by atoms with Crippen molar-refractivity contribution in [1.82, 2.24) is 9.97 Å². The zero-order chi connectivity index (χ0) is 8.43. The molecule has 0 atom stereocenters. The zero-order valence-electron chi connectivity index (χ0n) is 6.20. The largest absolute Gasteiger partial charge is 0.477 e. The molecule has 0 aliphatic carbocycles. The minimum Gasteiger partial charge on any atom is -0.477 e. The van der Waals surface area contributed by atoms with Crippen LogP contribution in [0.4, 0.5) is 0 Å². The molecule has 2 N–H and O–H groups in total. The third-order valence-corrected chi connectivity index (χ3v) is 1.10. The number of aromatic nitrogens is 2. The molecule has 0 fully saturated rings. The molecule has 0 aliphatic rings. The van der Waals surface area contributed by atoms with Gasteiger partial charge in [0.05, 0.1) is 0 Å². The van der Waals surface area contributed by atoms with Gasteiger partial charge in [-0.2, -0.15) is 4.98 Å². The molecule has 1 aromatic rings. The van der Waals surface area contributed by atoms with Crippen molar-refractivity contribution in [3.8, 4) is 0 Å². The average molecular weight is 191 g/mol. The Balaban J connectivity index is 0.00000121. The molecule has 12 heavy (non-hydrogen) atoms. The molecule has 0 aromatic carbocycles. The van der Waals surface area contributed by atoms with Gasteiger partial charge in [0, 0.05) is 5.69 Å². The smallest absolute Gasteiger partial charge is 0.354 e. The van der Waals surface area contributed by atoms with Gasteiger partial charge in [0.15, 0.2) is 5.69 Å². The first-order chi connectivity index (χ1) is 5.09. The number of hydrogen-bond acceptors (Lipinski definition) is 3. The van der Waals surface area contributed by atoms with Crippen molar-refractivity contribution in [2.75, 3.05) is 0 Å². The van der Waals surface area contributed by atoms with Gasteiger partial charge in [-0.05, 0) is 13.0 Å². The van der Waals surface area contributed by atoms with E-state index in [0.717, 1.165) is 0 Å². The molecule has 1 heterocycles. The third-order valence-electron chi connectivity index (χ3n) is 1.10. The molecule has 0 bridgehead atoms. The monoisotopic (exact) mass is 190 g/mol. The van der Waals surface area contributed by atoms with Crippen LogP contribution in [0.5, 0.6) is 0 Å². The van der Waals surface area contributed by atoms with Crippen molar-refractivity contribution >= 4 is 18.4 Å². The van der Waals surface area contributed by atoms with Crippen LogP contribution in [0.25, 0.3) is 0 Å². The van der Waals surface area contributed by atoms with Gasteiger partial charge in [-0.25, -0.2) is 9.59 Å². The summed E-state index contributed by atoms with van der Waals surface area (Å²) in [4.78, 5) is 26.4.